The normalized spacial score (nSPS) is 21.8. The number of hydrogen-bond acceptors (Lipinski definition) is 2. The minimum absolute atomic E-state index is 0.0656. The van der Waals surface area contributed by atoms with Crippen molar-refractivity contribution in [3.63, 3.8) is 0 Å². The lowest BCUT2D eigenvalue weighted by molar-refractivity contribution is 0.0387. The van der Waals surface area contributed by atoms with Crippen LogP contribution >= 0.6 is 0 Å². The first-order chi connectivity index (χ1) is 8.72. The van der Waals surface area contributed by atoms with E-state index in [1.165, 1.54) is 0 Å². The van der Waals surface area contributed by atoms with Crippen LogP contribution in [0.3, 0.4) is 0 Å². The molecule has 1 aliphatic rings. The zero-order valence-electron chi connectivity index (χ0n) is 11.2. The minimum atomic E-state index is -0.105. The predicted octanol–water partition coefficient (Wildman–Crippen LogP) is 3.21. The molecule has 0 aromatic heterocycles. The molecule has 1 N–H and O–H groups in total. The Morgan fingerprint density at radius 3 is 2.94 bits per heavy atom. The molecule has 0 amide bonds. The van der Waals surface area contributed by atoms with Crippen molar-refractivity contribution < 1.29 is 9.13 Å². The summed E-state index contributed by atoms with van der Waals surface area (Å²) in [6, 6.07) is 5.57. The third-order valence-corrected chi connectivity index (χ3v) is 3.58. The van der Waals surface area contributed by atoms with E-state index in [0.29, 0.717) is 5.92 Å². The van der Waals surface area contributed by atoms with Gasteiger partial charge in [0, 0.05) is 24.1 Å². The van der Waals surface area contributed by atoms with Gasteiger partial charge in [0.05, 0.1) is 6.61 Å². The average molecular weight is 251 g/mol. The highest BCUT2D eigenvalue weighted by Crippen LogP contribution is 2.30. The standard InChI is InChI=1S/C15H22FNO/c1-3-17-15(12-5-4-8-18-10-12)13-7-6-11(2)9-14(13)16/h6-7,9,12,15,17H,3-5,8,10H2,1-2H3. The fourth-order valence-corrected chi connectivity index (χ4v) is 2.66. The number of aryl methyl sites for hydroxylation is 1. The summed E-state index contributed by atoms with van der Waals surface area (Å²) in [7, 11) is 0. The SMILES string of the molecule is CCNC(c1ccc(C)cc1F)C1CCCOC1. The van der Waals surface area contributed by atoms with Crippen LogP contribution in [0.4, 0.5) is 4.39 Å². The quantitative estimate of drug-likeness (QED) is 0.887. The molecule has 2 unspecified atom stereocenters. The molecule has 2 nitrogen and oxygen atoms in total. The maximum atomic E-state index is 14.1. The molecular weight excluding hydrogens is 229 g/mol. The van der Waals surface area contributed by atoms with Crippen molar-refractivity contribution in [3.8, 4) is 0 Å². The van der Waals surface area contributed by atoms with Gasteiger partial charge >= 0.3 is 0 Å². The van der Waals surface area contributed by atoms with E-state index < -0.39 is 0 Å². The number of nitrogens with one attached hydrogen (secondary N) is 1. The van der Waals surface area contributed by atoms with Gasteiger partial charge in [-0.1, -0.05) is 19.1 Å². The highest BCUT2D eigenvalue weighted by molar-refractivity contribution is 5.26. The number of ether oxygens (including phenoxy) is 1. The average Bonchev–Trinajstić information content (AvgIpc) is 2.38. The van der Waals surface area contributed by atoms with Gasteiger partial charge in [-0.3, -0.25) is 0 Å². The van der Waals surface area contributed by atoms with E-state index in [9.17, 15) is 4.39 Å². The number of halogens is 1. The molecule has 1 heterocycles. The van der Waals surface area contributed by atoms with Gasteiger partial charge in [0.1, 0.15) is 5.82 Å². The zero-order valence-corrected chi connectivity index (χ0v) is 11.2. The Labute approximate surface area is 109 Å². The van der Waals surface area contributed by atoms with Crippen molar-refractivity contribution in [1.29, 1.82) is 0 Å². The molecule has 0 radical (unpaired) electrons. The van der Waals surface area contributed by atoms with Crippen LogP contribution in [0.5, 0.6) is 0 Å². The van der Waals surface area contributed by atoms with Gasteiger partial charge in [0.25, 0.3) is 0 Å². The molecule has 1 aromatic carbocycles. The molecule has 0 spiro atoms. The maximum Gasteiger partial charge on any atom is 0.128 e. The van der Waals surface area contributed by atoms with E-state index in [2.05, 4.69) is 12.2 Å². The summed E-state index contributed by atoms with van der Waals surface area (Å²) in [6.45, 7) is 6.38. The molecule has 0 bridgehead atoms. The van der Waals surface area contributed by atoms with E-state index in [0.717, 1.165) is 43.7 Å². The lowest BCUT2D eigenvalue weighted by atomic mass is 9.88. The van der Waals surface area contributed by atoms with Gasteiger partial charge in [-0.05, 0) is 37.9 Å². The van der Waals surface area contributed by atoms with Crippen molar-refractivity contribution in [2.45, 2.75) is 32.7 Å². The molecule has 2 atom stereocenters. The van der Waals surface area contributed by atoms with Gasteiger partial charge in [-0.2, -0.15) is 0 Å². The molecule has 1 fully saturated rings. The number of hydrogen-bond donors (Lipinski definition) is 1. The minimum Gasteiger partial charge on any atom is -0.381 e. The summed E-state index contributed by atoms with van der Waals surface area (Å²) < 4.78 is 19.6. The molecule has 1 saturated heterocycles. The van der Waals surface area contributed by atoms with Crippen LogP contribution in [0.2, 0.25) is 0 Å². The van der Waals surface area contributed by atoms with Crippen molar-refractivity contribution in [2.75, 3.05) is 19.8 Å². The summed E-state index contributed by atoms with van der Waals surface area (Å²) in [4.78, 5) is 0. The lowest BCUT2D eigenvalue weighted by Gasteiger charge is -2.31. The van der Waals surface area contributed by atoms with Gasteiger partial charge in [0.15, 0.2) is 0 Å². The summed E-state index contributed by atoms with van der Waals surface area (Å²) in [6.07, 6.45) is 2.17. The topological polar surface area (TPSA) is 21.3 Å². The molecule has 3 heteroatoms. The second kappa shape index (κ2) is 6.30. The fraction of sp³-hybridized carbons (Fsp3) is 0.600. The summed E-state index contributed by atoms with van der Waals surface area (Å²) in [5.41, 5.74) is 1.74. The summed E-state index contributed by atoms with van der Waals surface area (Å²) >= 11 is 0. The Hall–Kier alpha value is -0.930. The van der Waals surface area contributed by atoms with Gasteiger partial charge in [-0.15, -0.1) is 0 Å². The number of benzene rings is 1. The van der Waals surface area contributed by atoms with E-state index in [-0.39, 0.29) is 11.9 Å². The van der Waals surface area contributed by atoms with Gasteiger partial charge < -0.3 is 10.1 Å². The van der Waals surface area contributed by atoms with Crippen molar-refractivity contribution in [1.82, 2.24) is 5.32 Å². The first-order valence-electron chi connectivity index (χ1n) is 6.79. The van der Waals surface area contributed by atoms with Crippen LogP contribution in [0.15, 0.2) is 18.2 Å². The second-order valence-corrected chi connectivity index (χ2v) is 5.04. The van der Waals surface area contributed by atoms with Crippen molar-refractivity contribution in [3.05, 3.63) is 35.1 Å². The Morgan fingerprint density at radius 1 is 1.50 bits per heavy atom. The smallest absolute Gasteiger partial charge is 0.128 e. The van der Waals surface area contributed by atoms with Crippen LogP contribution in [0, 0.1) is 18.7 Å². The summed E-state index contributed by atoms with van der Waals surface area (Å²) in [5.74, 6) is 0.266. The van der Waals surface area contributed by atoms with Crippen LogP contribution in [0.25, 0.3) is 0 Å². The van der Waals surface area contributed by atoms with E-state index in [1.54, 1.807) is 6.07 Å². The zero-order chi connectivity index (χ0) is 13.0. The molecule has 100 valence electrons. The fourth-order valence-electron chi connectivity index (χ4n) is 2.66. The summed E-state index contributed by atoms with van der Waals surface area (Å²) in [5, 5.41) is 3.41. The van der Waals surface area contributed by atoms with Crippen molar-refractivity contribution >= 4 is 0 Å². The Balaban J connectivity index is 2.22. The Kier molecular flexibility index (Phi) is 4.72. The van der Waals surface area contributed by atoms with Gasteiger partial charge in [0.2, 0.25) is 0 Å². The largest absolute Gasteiger partial charge is 0.381 e. The molecule has 0 saturated carbocycles. The monoisotopic (exact) mass is 251 g/mol. The van der Waals surface area contributed by atoms with Crippen LogP contribution < -0.4 is 5.32 Å². The first-order valence-corrected chi connectivity index (χ1v) is 6.79. The highest BCUT2D eigenvalue weighted by atomic mass is 19.1. The highest BCUT2D eigenvalue weighted by Gasteiger charge is 2.26. The molecule has 1 aromatic rings. The van der Waals surface area contributed by atoms with E-state index in [1.807, 2.05) is 19.1 Å². The molecule has 1 aliphatic heterocycles. The van der Waals surface area contributed by atoms with Crippen LogP contribution in [-0.2, 0) is 4.74 Å². The number of rotatable bonds is 4. The third kappa shape index (κ3) is 3.09. The third-order valence-electron chi connectivity index (χ3n) is 3.58. The van der Waals surface area contributed by atoms with Crippen LogP contribution in [0.1, 0.15) is 36.9 Å². The van der Waals surface area contributed by atoms with E-state index in [4.69, 9.17) is 4.74 Å². The molecule has 2 rings (SSSR count). The Morgan fingerprint density at radius 2 is 2.33 bits per heavy atom. The lowest BCUT2D eigenvalue weighted by Crippen LogP contribution is -2.34. The Bertz CT molecular complexity index is 388. The maximum absolute atomic E-state index is 14.1. The molecule has 18 heavy (non-hydrogen) atoms. The predicted molar refractivity (Wildman–Crippen MR) is 71.1 cm³/mol. The molecular formula is C15H22FNO. The van der Waals surface area contributed by atoms with Crippen LogP contribution in [-0.4, -0.2) is 19.8 Å². The molecule has 0 aliphatic carbocycles. The first kappa shape index (κ1) is 13.5. The second-order valence-electron chi connectivity index (χ2n) is 5.04. The van der Waals surface area contributed by atoms with E-state index >= 15 is 0 Å². The van der Waals surface area contributed by atoms with Crippen molar-refractivity contribution in [2.24, 2.45) is 5.92 Å². The van der Waals surface area contributed by atoms with Gasteiger partial charge in [-0.25, -0.2) is 4.39 Å².